The van der Waals surface area contributed by atoms with Gasteiger partial charge in [0.2, 0.25) is 10.0 Å². The molecule has 0 aliphatic carbocycles. The Morgan fingerprint density at radius 1 is 1.56 bits per heavy atom. The zero-order valence-corrected chi connectivity index (χ0v) is 11.3. The van der Waals surface area contributed by atoms with E-state index < -0.39 is 10.0 Å². The molecule has 0 aliphatic heterocycles. The Balaban J connectivity index is 2.50. The van der Waals surface area contributed by atoms with Crippen molar-refractivity contribution >= 4 is 15.9 Å². The summed E-state index contributed by atoms with van der Waals surface area (Å²) in [5.41, 5.74) is 1.25. The fourth-order valence-corrected chi connectivity index (χ4v) is 2.08. The van der Waals surface area contributed by atoms with Crippen LogP contribution < -0.4 is 10.5 Å². The lowest BCUT2D eigenvalue weighted by atomic mass is 10.3. The molecule has 1 amide bonds. The Bertz CT molecular complexity index is 521. The molecule has 0 fully saturated rings. The Morgan fingerprint density at radius 2 is 2.22 bits per heavy atom. The van der Waals surface area contributed by atoms with Crippen LogP contribution in [0.25, 0.3) is 0 Å². The maximum atomic E-state index is 11.8. The molecule has 1 aromatic heterocycles. The minimum Gasteiger partial charge on any atom is -0.351 e. The summed E-state index contributed by atoms with van der Waals surface area (Å²) in [7, 11) is -3.46. The number of nitrogens with one attached hydrogen (secondary N) is 1. The van der Waals surface area contributed by atoms with Gasteiger partial charge >= 0.3 is 0 Å². The van der Waals surface area contributed by atoms with Gasteiger partial charge in [0.05, 0.1) is 11.4 Å². The summed E-state index contributed by atoms with van der Waals surface area (Å²) in [5.74, 6) is -0.397. The minimum atomic E-state index is -3.46. The molecule has 1 aromatic rings. The van der Waals surface area contributed by atoms with Gasteiger partial charge in [-0.3, -0.25) is 9.48 Å². The van der Waals surface area contributed by atoms with Gasteiger partial charge in [-0.25, -0.2) is 13.6 Å². The first-order valence-electron chi connectivity index (χ1n) is 5.66. The van der Waals surface area contributed by atoms with Crippen LogP contribution in [0.4, 0.5) is 0 Å². The van der Waals surface area contributed by atoms with E-state index in [9.17, 15) is 13.2 Å². The van der Waals surface area contributed by atoms with Crippen molar-refractivity contribution in [2.45, 2.75) is 26.8 Å². The molecule has 18 heavy (non-hydrogen) atoms. The lowest BCUT2D eigenvalue weighted by Gasteiger charge is -2.06. The van der Waals surface area contributed by atoms with Gasteiger partial charge in [0, 0.05) is 13.1 Å². The highest BCUT2D eigenvalue weighted by Gasteiger charge is 2.12. The highest BCUT2D eigenvalue weighted by atomic mass is 32.2. The van der Waals surface area contributed by atoms with Crippen molar-refractivity contribution in [3.05, 3.63) is 17.5 Å². The Hall–Kier alpha value is -1.41. The molecule has 0 unspecified atom stereocenters. The van der Waals surface area contributed by atoms with Crippen molar-refractivity contribution in [1.29, 1.82) is 0 Å². The van der Waals surface area contributed by atoms with E-state index in [-0.39, 0.29) is 18.2 Å². The van der Waals surface area contributed by atoms with E-state index in [0.29, 0.717) is 18.7 Å². The molecule has 0 bridgehead atoms. The van der Waals surface area contributed by atoms with Crippen LogP contribution in [0, 0.1) is 6.92 Å². The average molecular weight is 274 g/mol. The average Bonchev–Trinajstić information content (AvgIpc) is 2.64. The van der Waals surface area contributed by atoms with Gasteiger partial charge < -0.3 is 5.32 Å². The number of nitrogens with two attached hydrogens (primary N) is 1. The van der Waals surface area contributed by atoms with Crippen molar-refractivity contribution in [2.24, 2.45) is 5.14 Å². The molecule has 0 aliphatic rings. The number of hydrogen-bond donors (Lipinski definition) is 2. The SMILES string of the molecule is CCn1nc(C)cc1C(=O)NCCCS(N)(=O)=O. The van der Waals surface area contributed by atoms with Gasteiger partial charge in [-0.1, -0.05) is 0 Å². The van der Waals surface area contributed by atoms with E-state index in [4.69, 9.17) is 5.14 Å². The Labute approximate surface area is 106 Å². The van der Waals surface area contributed by atoms with Crippen LogP contribution in [0.15, 0.2) is 6.07 Å². The van der Waals surface area contributed by atoms with Gasteiger partial charge in [0.25, 0.3) is 5.91 Å². The molecule has 1 rings (SSSR count). The van der Waals surface area contributed by atoms with Crippen LogP contribution in [-0.4, -0.2) is 36.4 Å². The van der Waals surface area contributed by atoms with Crippen LogP contribution in [-0.2, 0) is 16.6 Å². The summed E-state index contributed by atoms with van der Waals surface area (Å²) in [6.07, 6.45) is 0.295. The summed E-state index contributed by atoms with van der Waals surface area (Å²) in [5, 5.41) is 11.7. The number of amides is 1. The zero-order valence-electron chi connectivity index (χ0n) is 10.5. The second-order valence-corrected chi connectivity index (χ2v) is 5.70. The second-order valence-electron chi connectivity index (χ2n) is 3.96. The van der Waals surface area contributed by atoms with Gasteiger partial charge in [0.15, 0.2) is 0 Å². The summed E-state index contributed by atoms with van der Waals surface area (Å²) >= 11 is 0. The van der Waals surface area contributed by atoms with Crippen molar-refractivity contribution in [2.75, 3.05) is 12.3 Å². The van der Waals surface area contributed by atoms with E-state index >= 15 is 0 Å². The fourth-order valence-electron chi connectivity index (χ4n) is 1.54. The number of rotatable bonds is 6. The highest BCUT2D eigenvalue weighted by molar-refractivity contribution is 7.89. The van der Waals surface area contributed by atoms with Crippen LogP contribution in [0.5, 0.6) is 0 Å². The highest BCUT2D eigenvalue weighted by Crippen LogP contribution is 2.03. The summed E-state index contributed by atoms with van der Waals surface area (Å²) in [6.45, 7) is 4.57. The lowest BCUT2D eigenvalue weighted by Crippen LogP contribution is -2.29. The predicted molar refractivity (Wildman–Crippen MR) is 67.6 cm³/mol. The molecule has 0 atom stereocenters. The number of carbonyl (C=O) groups is 1. The van der Waals surface area contributed by atoms with Gasteiger partial charge in [0.1, 0.15) is 5.69 Å². The zero-order chi connectivity index (χ0) is 13.8. The summed E-state index contributed by atoms with van der Waals surface area (Å²) in [4.78, 5) is 11.8. The van der Waals surface area contributed by atoms with Crippen LogP contribution in [0.1, 0.15) is 29.5 Å². The van der Waals surface area contributed by atoms with Crippen LogP contribution >= 0.6 is 0 Å². The maximum absolute atomic E-state index is 11.8. The van der Waals surface area contributed by atoms with Crippen LogP contribution in [0.3, 0.4) is 0 Å². The van der Waals surface area contributed by atoms with Gasteiger partial charge in [-0.2, -0.15) is 5.10 Å². The van der Waals surface area contributed by atoms with E-state index in [0.717, 1.165) is 5.69 Å². The van der Waals surface area contributed by atoms with Crippen molar-refractivity contribution < 1.29 is 13.2 Å². The Kier molecular flexibility index (Phi) is 4.85. The number of aromatic nitrogens is 2. The largest absolute Gasteiger partial charge is 0.351 e. The molecule has 0 saturated carbocycles. The second kappa shape index (κ2) is 5.96. The molecule has 0 radical (unpaired) electrons. The maximum Gasteiger partial charge on any atom is 0.269 e. The fraction of sp³-hybridized carbons (Fsp3) is 0.600. The summed E-state index contributed by atoms with van der Waals surface area (Å²) < 4.78 is 23.0. The Morgan fingerprint density at radius 3 is 2.78 bits per heavy atom. The van der Waals surface area contributed by atoms with E-state index in [2.05, 4.69) is 10.4 Å². The topological polar surface area (TPSA) is 107 Å². The monoisotopic (exact) mass is 274 g/mol. The molecule has 7 nitrogen and oxygen atoms in total. The first kappa shape index (κ1) is 14.7. The standard InChI is InChI=1S/C10H18N4O3S/c1-3-14-9(7-8(2)13-14)10(15)12-5-4-6-18(11,16)17/h7H,3-6H2,1-2H3,(H,12,15)(H2,11,16,17). The molecule has 3 N–H and O–H groups in total. The van der Waals surface area contributed by atoms with E-state index in [1.54, 1.807) is 10.7 Å². The molecule has 1 heterocycles. The minimum absolute atomic E-state index is 0.140. The van der Waals surface area contributed by atoms with Gasteiger partial charge in [-0.15, -0.1) is 0 Å². The van der Waals surface area contributed by atoms with Crippen molar-refractivity contribution in [3.8, 4) is 0 Å². The number of nitrogens with zero attached hydrogens (tertiary/aromatic N) is 2. The third-order valence-electron chi connectivity index (χ3n) is 2.33. The van der Waals surface area contributed by atoms with Crippen molar-refractivity contribution in [3.63, 3.8) is 0 Å². The molecular formula is C10H18N4O3S. The van der Waals surface area contributed by atoms with Crippen molar-refractivity contribution in [1.82, 2.24) is 15.1 Å². The number of aryl methyl sites for hydroxylation is 2. The van der Waals surface area contributed by atoms with E-state index in [1.165, 1.54) is 0 Å². The normalized spacial score (nSPS) is 11.5. The smallest absolute Gasteiger partial charge is 0.269 e. The molecule has 102 valence electrons. The van der Waals surface area contributed by atoms with E-state index in [1.807, 2.05) is 13.8 Å². The molecule has 0 spiro atoms. The number of primary sulfonamides is 1. The number of sulfonamides is 1. The lowest BCUT2D eigenvalue weighted by molar-refractivity contribution is 0.0943. The number of hydrogen-bond acceptors (Lipinski definition) is 4. The molecule has 0 saturated heterocycles. The quantitative estimate of drug-likeness (QED) is 0.689. The third-order valence-corrected chi connectivity index (χ3v) is 3.18. The predicted octanol–water partition coefficient (Wildman–Crippen LogP) is -0.380. The van der Waals surface area contributed by atoms with Gasteiger partial charge in [-0.05, 0) is 26.3 Å². The van der Waals surface area contributed by atoms with Crippen LogP contribution in [0.2, 0.25) is 0 Å². The first-order valence-corrected chi connectivity index (χ1v) is 7.38. The molecule has 8 heteroatoms. The first-order chi connectivity index (χ1) is 8.33. The number of carbonyl (C=O) groups excluding carboxylic acids is 1. The molecular weight excluding hydrogens is 256 g/mol. The summed E-state index contributed by atoms with van der Waals surface area (Å²) in [6, 6.07) is 1.69. The third kappa shape index (κ3) is 4.46. The molecule has 0 aromatic carbocycles.